The number of pyridine rings is 1. The highest BCUT2D eigenvalue weighted by Gasteiger charge is 2.29. The van der Waals surface area contributed by atoms with E-state index >= 15 is 0 Å². The molecule has 0 aromatic carbocycles. The molecule has 1 aromatic rings. The number of aromatic nitrogens is 1. The second-order valence-corrected chi connectivity index (χ2v) is 5.38. The number of anilines is 1. The second kappa shape index (κ2) is 7.08. The maximum atomic E-state index is 9.12. The van der Waals surface area contributed by atoms with Gasteiger partial charge in [0.1, 0.15) is 5.82 Å². The zero-order valence-electron chi connectivity index (χ0n) is 11.4. The average molecular weight is 284 g/mol. The molecule has 106 valence electrons. The Hall–Kier alpha value is -0.840. The number of hydrogen-bond donors (Lipinski definition) is 2. The van der Waals surface area contributed by atoms with Crippen LogP contribution < -0.4 is 5.32 Å². The first kappa shape index (κ1) is 14.6. The zero-order valence-corrected chi connectivity index (χ0v) is 12.2. The Bertz CT molecular complexity index is 410. The van der Waals surface area contributed by atoms with Crippen LogP contribution in [0, 0.1) is 0 Å². The minimum Gasteiger partial charge on any atom is -0.395 e. The van der Waals surface area contributed by atoms with Gasteiger partial charge >= 0.3 is 0 Å². The highest BCUT2D eigenvalue weighted by atomic mass is 35.5. The van der Waals surface area contributed by atoms with Crippen LogP contribution in [0.15, 0.2) is 12.1 Å². The molecule has 1 saturated carbocycles. The van der Waals surface area contributed by atoms with Crippen LogP contribution in [0.25, 0.3) is 0 Å². The number of rotatable bonds is 8. The SMILES string of the molecule is CCCNc1ccc(Cl)c(CN(CCO)C2CC2)n1. The topological polar surface area (TPSA) is 48.4 Å². The molecular weight excluding hydrogens is 262 g/mol. The van der Waals surface area contributed by atoms with Crippen molar-refractivity contribution in [2.24, 2.45) is 0 Å². The first-order chi connectivity index (χ1) is 9.24. The van der Waals surface area contributed by atoms with Crippen molar-refractivity contribution < 1.29 is 5.11 Å². The largest absolute Gasteiger partial charge is 0.395 e. The predicted molar refractivity (Wildman–Crippen MR) is 78.5 cm³/mol. The van der Waals surface area contributed by atoms with Crippen molar-refractivity contribution in [2.75, 3.05) is 25.0 Å². The molecule has 0 radical (unpaired) electrons. The summed E-state index contributed by atoms with van der Waals surface area (Å²) in [5.41, 5.74) is 0.892. The number of aliphatic hydroxyl groups excluding tert-OH is 1. The lowest BCUT2D eigenvalue weighted by Crippen LogP contribution is -2.29. The summed E-state index contributed by atoms with van der Waals surface area (Å²) in [6, 6.07) is 4.40. The molecule has 4 nitrogen and oxygen atoms in total. The fourth-order valence-electron chi connectivity index (χ4n) is 2.10. The first-order valence-corrected chi connectivity index (χ1v) is 7.36. The third kappa shape index (κ3) is 4.34. The third-order valence-corrected chi connectivity index (χ3v) is 3.62. The molecule has 2 rings (SSSR count). The highest BCUT2D eigenvalue weighted by molar-refractivity contribution is 6.31. The lowest BCUT2D eigenvalue weighted by Gasteiger charge is -2.21. The summed E-state index contributed by atoms with van der Waals surface area (Å²) in [5.74, 6) is 0.876. The number of halogens is 1. The summed E-state index contributed by atoms with van der Waals surface area (Å²) in [5, 5.41) is 13.1. The Morgan fingerprint density at radius 3 is 2.89 bits per heavy atom. The Labute approximate surface area is 119 Å². The number of nitrogens with zero attached hydrogens (tertiary/aromatic N) is 2. The van der Waals surface area contributed by atoms with Crippen LogP contribution >= 0.6 is 11.6 Å². The van der Waals surface area contributed by atoms with E-state index in [-0.39, 0.29) is 6.61 Å². The maximum absolute atomic E-state index is 9.12. The Balaban J connectivity index is 2.04. The molecule has 0 unspecified atom stereocenters. The van der Waals surface area contributed by atoms with Crippen molar-refractivity contribution in [1.82, 2.24) is 9.88 Å². The molecule has 0 amide bonds. The molecule has 0 aliphatic heterocycles. The van der Waals surface area contributed by atoms with Crippen molar-refractivity contribution in [3.63, 3.8) is 0 Å². The monoisotopic (exact) mass is 283 g/mol. The van der Waals surface area contributed by atoms with Crippen LogP contribution in [-0.4, -0.2) is 40.7 Å². The zero-order chi connectivity index (χ0) is 13.7. The number of aliphatic hydroxyl groups is 1. The van der Waals surface area contributed by atoms with Gasteiger partial charge in [0.05, 0.1) is 17.3 Å². The van der Waals surface area contributed by atoms with Gasteiger partial charge in [0.15, 0.2) is 0 Å². The van der Waals surface area contributed by atoms with E-state index in [2.05, 4.69) is 22.1 Å². The molecule has 0 saturated heterocycles. The first-order valence-electron chi connectivity index (χ1n) is 6.98. The van der Waals surface area contributed by atoms with E-state index in [0.29, 0.717) is 24.2 Å². The van der Waals surface area contributed by atoms with Gasteiger partial charge in [0, 0.05) is 25.7 Å². The molecule has 1 aliphatic carbocycles. The molecule has 0 bridgehead atoms. The van der Waals surface area contributed by atoms with Crippen molar-refractivity contribution in [1.29, 1.82) is 0 Å². The standard InChI is InChI=1S/C14H22ClN3O/c1-2-7-16-14-6-5-12(15)13(17-14)10-18(8-9-19)11-3-4-11/h5-6,11,19H,2-4,7-10H2,1H3,(H,16,17). The smallest absolute Gasteiger partial charge is 0.126 e. The molecule has 19 heavy (non-hydrogen) atoms. The molecule has 1 aliphatic rings. The van der Waals surface area contributed by atoms with Crippen molar-refractivity contribution >= 4 is 17.4 Å². The maximum Gasteiger partial charge on any atom is 0.126 e. The normalized spacial score (nSPS) is 14.9. The summed E-state index contributed by atoms with van der Waals surface area (Å²) in [4.78, 5) is 6.84. The molecule has 5 heteroatoms. The van der Waals surface area contributed by atoms with E-state index in [1.807, 2.05) is 12.1 Å². The van der Waals surface area contributed by atoms with Gasteiger partial charge in [-0.2, -0.15) is 0 Å². The molecule has 1 heterocycles. The van der Waals surface area contributed by atoms with Crippen molar-refractivity contribution in [2.45, 2.75) is 38.8 Å². The van der Waals surface area contributed by atoms with Crippen LogP contribution in [0.1, 0.15) is 31.9 Å². The van der Waals surface area contributed by atoms with Crippen LogP contribution in [0.5, 0.6) is 0 Å². The van der Waals surface area contributed by atoms with Gasteiger partial charge in [0.25, 0.3) is 0 Å². The van der Waals surface area contributed by atoms with Gasteiger partial charge in [-0.1, -0.05) is 18.5 Å². The van der Waals surface area contributed by atoms with Gasteiger partial charge in [-0.25, -0.2) is 4.98 Å². The Morgan fingerprint density at radius 2 is 2.26 bits per heavy atom. The minimum atomic E-state index is 0.182. The van der Waals surface area contributed by atoms with E-state index in [0.717, 1.165) is 24.5 Å². The number of nitrogens with one attached hydrogen (secondary N) is 1. The van der Waals surface area contributed by atoms with Crippen molar-refractivity contribution in [3.8, 4) is 0 Å². The fraction of sp³-hybridized carbons (Fsp3) is 0.643. The van der Waals surface area contributed by atoms with Gasteiger partial charge in [-0.15, -0.1) is 0 Å². The summed E-state index contributed by atoms with van der Waals surface area (Å²) in [7, 11) is 0. The second-order valence-electron chi connectivity index (χ2n) is 4.98. The van der Waals surface area contributed by atoms with Crippen LogP contribution in [0.3, 0.4) is 0 Å². The third-order valence-electron chi connectivity index (χ3n) is 3.28. The van der Waals surface area contributed by atoms with Gasteiger partial charge in [0.2, 0.25) is 0 Å². The van der Waals surface area contributed by atoms with Crippen molar-refractivity contribution in [3.05, 3.63) is 22.8 Å². The highest BCUT2D eigenvalue weighted by Crippen LogP contribution is 2.29. The number of hydrogen-bond acceptors (Lipinski definition) is 4. The fourth-order valence-corrected chi connectivity index (χ4v) is 2.26. The van der Waals surface area contributed by atoms with Gasteiger partial charge < -0.3 is 10.4 Å². The lowest BCUT2D eigenvalue weighted by atomic mass is 10.3. The molecule has 0 atom stereocenters. The average Bonchev–Trinajstić information content (AvgIpc) is 3.23. The molecular formula is C14H22ClN3O. The predicted octanol–water partition coefficient (Wildman–Crippen LogP) is 2.51. The minimum absolute atomic E-state index is 0.182. The summed E-state index contributed by atoms with van der Waals surface area (Å²) < 4.78 is 0. The van der Waals surface area contributed by atoms with Gasteiger partial charge in [-0.3, -0.25) is 4.90 Å². The van der Waals surface area contributed by atoms with E-state index in [1.54, 1.807) is 0 Å². The molecule has 2 N–H and O–H groups in total. The van der Waals surface area contributed by atoms with Crippen LogP contribution in [0.4, 0.5) is 5.82 Å². The summed E-state index contributed by atoms with van der Waals surface area (Å²) in [6.07, 6.45) is 3.50. The lowest BCUT2D eigenvalue weighted by molar-refractivity contribution is 0.182. The van der Waals surface area contributed by atoms with Gasteiger partial charge in [-0.05, 0) is 31.4 Å². The summed E-state index contributed by atoms with van der Waals surface area (Å²) in [6.45, 7) is 4.62. The molecule has 1 fully saturated rings. The Kier molecular flexibility index (Phi) is 5.43. The summed E-state index contributed by atoms with van der Waals surface area (Å²) >= 11 is 6.22. The molecule has 1 aromatic heterocycles. The van der Waals surface area contributed by atoms with E-state index in [1.165, 1.54) is 12.8 Å². The quantitative estimate of drug-likeness (QED) is 0.770. The van der Waals surface area contributed by atoms with Crippen LogP contribution in [0.2, 0.25) is 5.02 Å². The van der Waals surface area contributed by atoms with E-state index in [4.69, 9.17) is 16.7 Å². The van der Waals surface area contributed by atoms with E-state index in [9.17, 15) is 0 Å². The molecule has 0 spiro atoms. The Morgan fingerprint density at radius 1 is 1.47 bits per heavy atom. The van der Waals surface area contributed by atoms with E-state index < -0.39 is 0 Å². The van der Waals surface area contributed by atoms with Crippen LogP contribution in [-0.2, 0) is 6.54 Å².